The van der Waals surface area contributed by atoms with Gasteiger partial charge in [0.05, 0.1) is 19.5 Å². The summed E-state index contributed by atoms with van der Waals surface area (Å²) in [6.07, 6.45) is -8.39. The second kappa shape index (κ2) is 13.8. The van der Waals surface area contributed by atoms with Gasteiger partial charge in [-0.3, -0.25) is 22.9 Å². The third-order valence-electron chi connectivity index (χ3n) is 6.98. The summed E-state index contributed by atoms with van der Waals surface area (Å²) >= 11 is 0. The van der Waals surface area contributed by atoms with Crippen molar-refractivity contribution in [1.29, 1.82) is 0 Å². The van der Waals surface area contributed by atoms with E-state index >= 15 is 0 Å². The summed E-state index contributed by atoms with van der Waals surface area (Å²) in [5, 5.41) is 31.5. The normalized spacial score (nSPS) is 30.3. The molecule has 0 aliphatic carbocycles. The molecule has 2 fully saturated rings. The molecule has 10 atom stereocenters. The van der Waals surface area contributed by atoms with Gasteiger partial charge in [-0.2, -0.15) is 8.88 Å². The van der Waals surface area contributed by atoms with Crippen molar-refractivity contribution in [2.45, 2.75) is 49.1 Å². The third kappa shape index (κ3) is 8.12. The molecule has 11 N–H and O–H groups in total. The van der Waals surface area contributed by atoms with Gasteiger partial charge in [0.2, 0.25) is 0 Å². The number of rotatable bonds is 13. The molecule has 0 bridgehead atoms. The molecule has 2 saturated heterocycles. The van der Waals surface area contributed by atoms with Crippen molar-refractivity contribution in [3.8, 4) is 0 Å². The van der Waals surface area contributed by atoms with Gasteiger partial charge in [-0.15, -0.1) is 0 Å². The van der Waals surface area contributed by atoms with Gasteiger partial charge >= 0.3 is 23.5 Å². The van der Waals surface area contributed by atoms with E-state index in [1.54, 1.807) is 0 Å². The summed E-state index contributed by atoms with van der Waals surface area (Å²) in [4.78, 5) is 62.2. The van der Waals surface area contributed by atoms with E-state index in [1.165, 1.54) is 29.1 Å². The average molecular weight is 744 g/mol. The van der Waals surface area contributed by atoms with Crippen molar-refractivity contribution in [3.05, 3.63) is 42.7 Å². The molecule has 5 heterocycles. The minimum atomic E-state index is -5.52. The maximum Gasteiger partial charge on any atom is 0.481 e. The Morgan fingerprint density at radius 2 is 1.60 bits per heavy atom. The summed E-state index contributed by atoms with van der Waals surface area (Å²) in [6, 6.07) is 2.79. The molecule has 5 rings (SSSR count). The number of nitrogen functional groups attached to an aromatic ring is 1. The molecule has 0 radical (unpaired) electrons. The highest BCUT2D eigenvalue weighted by Crippen LogP contribution is 2.61. The van der Waals surface area contributed by atoms with Crippen LogP contribution in [0.1, 0.15) is 22.8 Å². The number of phosphoric acid groups is 3. The number of amides is 1. The molecular weight excluding hydrogens is 715 g/mol. The molecule has 0 spiro atoms. The second-order valence-corrected chi connectivity index (χ2v) is 14.5. The number of hydrogen-bond acceptors (Lipinski definition) is 17. The van der Waals surface area contributed by atoms with E-state index < -0.39 is 91.7 Å². The van der Waals surface area contributed by atoms with Gasteiger partial charge in [0.15, 0.2) is 36.2 Å². The highest BCUT2D eigenvalue weighted by atomic mass is 31.3. The number of primary amides is 1. The lowest BCUT2D eigenvalue weighted by molar-refractivity contribution is -0.765. The first-order valence-corrected chi connectivity index (χ1v) is 17.9. The molecule has 1 amide bonds. The predicted molar refractivity (Wildman–Crippen MR) is 150 cm³/mol. The molecule has 27 heteroatoms. The lowest BCUT2D eigenvalue weighted by Gasteiger charge is -2.22. The van der Waals surface area contributed by atoms with E-state index in [-0.39, 0.29) is 22.5 Å². The molecule has 3 aromatic rings. The number of fused-ring (bicyclic) bond motifs is 1. The minimum Gasteiger partial charge on any atom is -0.387 e. The molecule has 3 aromatic heterocycles. The predicted octanol–water partition coefficient (Wildman–Crippen LogP) is -2.90. The van der Waals surface area contributed by atoms with Crippen molar-refractivity contribution >= 4 is 46.4 Å². The van der Waals surface area contributed by atoms with Gasteiger partial charge in [0.25, 0.3) is 12.1 Å². The van der Waals surface area contributed by atoms with Crippen LogP contribution < -0.4 is 16.0 Å². The van der Waals surface area contributed by atoms with E-state index in [1.807, 2.05) is 0 Å². The zero-order valence-electron chi connectivity index (χ0n) is 23.9. The van der Waals surface area contributed by atoms with Gasteiger partial charge in [0, 0.05) is 6.07 Å². The van der Waals surface area contributed by atoms with Crippen LogP contribution in [0.25, 0.3) is 11.2 Å². The number of imidazole rings is 1. The number of hydrogen-bond donors (Lipinski definition) is 9. The highest BCUT2D eigenvalue weighted by molar-refractivity contribution is 7.61. The minimum absolute atomic E-state index is 0.00286. The number of ether oxygens (including phenoxy) is 2. The lowest BCUT2D eigenvalue weighted by Crippen LogP contribution is -2.46. The van der Waals surface area contributed by atoms with Gasteiger partial charge in [0.1, 0.15) is 47.9 Å². The first-order chi connectivity index (χ1) is 22.4. The van der Waals surface area contributed by atoms with E-state index in [4.69, 9.17) is 30.0 Å². The van der Waals surface area contributed by atoms with Crippen LogP contribution >= 0.6 is 23.5 Å². The van der Waals surface area contributed by atoms with Crippen LogP contribution in [-0.4, -0.2) is 110 Å². The number of nitrogens with zero attached hydrogens (tertiary/aromatic N) is 5. The average Bonchev–Trinajstić information content (AvgIpc) is 3.64. The Morgan fingerprint density at radius 1 is 0.958 bits per heavy atom. The number of nitrogens with two attached hydrogens (primary N) is 2. The maximum absolute atomic E-state index is 12.6. The molecule has 3 unspecified atom stereocenters. The Morgan fingerprint density at radius 3 is 2.23 bits per heavy atom. The molecule has 48 heavy (non-hydrogen) atoms. The monoisotopic (exact) mass is 744 g/mol. The summed E-state index contributed by atoms with van der Waals surface area (Å²) in [5.74, 6) is -0.848. The van der Waals surface area contributed by atoms with Crippen molar-refractivity contribution < 1.29 is 85.3 Å². The number of carbonyl (C=O) groups is 1. The number of pyridine rings is 1. The van der Waals surface area contributed by atoms with Crippen LogP contribution in [0, 0.1) is 0 Å². The van der Waals surface area contributed by atoms with Gasteiger partial charge in [-0.25, -0.2) is 28.6 Å². The Balaban J connectivity index is 1.21. The van der Waals surface area contributed by atoms with E-state index in [0.717, 1.165) is 17.2 Å². The van der Waals surface area contributed by atoms with E-state index in [0.29, 0.717) is 0 Å². The van der Waals surface area contributed by atoms with E-state index in [2.05, 4.69) is 23.8 Å². The zero-order valence-corrected chi connectivity index (χ0v) is 26.6. The fourth-order valence-electron chi connectivity index (χ4n) is 4.83. The molecule has 264 valence electrons. The number of aromatic nitrogens is 5. The second-order valence-electron chi connectivity index (χ2n) is 10.3. The molecule has 24 nitrogen and oxygen atoms in total. The highest BCUT2D eigenvalue weighted by Gasteiger charge is 2.51. The van der Waals surface area contributed by atoms with Gasteiger partial charge < -0.3 is 55.8 Å². The fourth-order valence-corrected chi connectivity index (χ4v) is 7.47. The summed E-state index contributed by atoms with van der Waals surface area (Å²) < 4.78 is 68.4. The number of aliphatic hydroxyl groups is 3. The quantitative estimate of drug-likeness (QED) is 0.0626. The van der Waals surface area contributed by atoms with Crippen LogP contribution in [0.3, 0.4) is 0 Å². The number of aliphatic hydroxyl groups excluding tert-OH is 3. The summed E-state index contributed by atoms with van der Waals surface area (Å²) in [7, 11) is -16.3. The molecule has 2 aliphatic heterocycles. The molecule has 0 aromatic carbocycles. The summed E-state index contributed by atoms with van der Waals surface area (Å²) in [6.45, 7) is -2.03. The van der Waals surface area contributed by atoms with Crippen LogP contribution in [-0.2, 0) is 41.1 Å². The SMILES string of the molecule is NC(=O)c1ccc[n+]([C@@H]2O[C@H](COP(=O)(O)OP(=O)(O)OC[C@H]3O[C@@H](n4cnc5c(N)ncnc54)C(OP(=O)(O)O)[C@@H]3O)[C@@H](O)[C@H]2O)c1. The van der Waals surface area contributed by atoms with Crippen LogP contribution in [0.4, 0.5) is 5.82 Å². The largest absolute Gasteiger partial charge is 0.481 e. The van der Waals surface area contributed by atoms with Crippen molar-refractivity contribution in [3.63, 3.8) is 0 Å². The van der Waals surface area contributed by atoms with Crippen molar-refractivity contribution in [1.82, 2.24) is 19.5 Å². The van der Waals surface area contributed by atoms with Gasteiger partial charge in [-0.1, -0.05) is 0 Å². The van der Waals surface area contributed by atoms with Crippen LogP contribution in [0.15, 0.2) is 37.2 Å². The lowest BCUT2D eigenvalue weighted by atomic mass is 10.1. The smallest absolute Gasteiger partial charge is 0.387 e. The number of anilines is 1. The number of carbonyl (C=O) groups excluding carboxylic acids is 1. The Bertz CT molecular complexity index is 1810. The standard InChI is InChI=1S/C21H28N7O17P3/c22-17-12-19(25-7-24-17)28(8-26-12)21-16(44-46(33,34)35)14(30)11(43-21)6-41-48(38,39)45-47(36,37)40-5-10-13(29)15(31)20(42-10)27-3-1-2-9(4-27)18(23)32/h1-4,7-8,10-11,13-16,20-21,29-31H,5-6H2,(H7-,22,23,24,25,32,33,34,35,36,37,38,39)/p+1/t10-,11-,13-,14-,15-,16?,20-,21-/m1/s1. The zero-order chi connectivity index (χ0) is 35.2. The first-order valence-electron chi connectivity index (χ1n) is 13.3. The van der Waals surface area contributed by atoms with E-state index in [9.17, 15) is 53.4 Å². The Labute approximate surface area is 267 Å². The third-order valence-corrected chi connectivity index (χ3v) is 10.1. The topological polar surface area (TPSA) is 365 Å². The fraction of sp³-hybridized carbons (Fsp3) is 0.476. The van der Waals surface area contributed by atoms with Crippen LogP contribution in [0.5, 0.6) is 0 Å². The molecular formula is C21H29N7O17P3+. The number of phosphoric ester groups is 3. The maximum atomic E-state index is 12.6. The van der Waals surface area contributed by atoms with Crippen LogP contribution in [0.2, 0.25) is 0 Å². The van der Waals surface area contributed by atoms with Crippen molar-refractivity contribution in [2.75, 3.05) is 18.9 Å². The molecule has 2 aliphatic rings. The van der Waals surface area contributed by atoms with Gasteiger partial charge in [-0.05, 0) is 6.07 Å². The molecule has 0 saturated carbocycles. The first kappa shape index (κ1) is 36.4. The summed E-state index contributed by atoms with van der Waals surface area (Å²) in [5.41, 5.74) is 11.1. The Kier molecular flexibility index (Phi) is 10.5. The Hall–Kier alpha value is -2.86. The van der Waals surface area contributed by atoms with Crippen molar-refractivity contribution in [2.24, 2.45) is 5.73 Å².